The second kappa shape index (κ2) is 4.55. The highest BCUT2D eigenvalue weighted by Crippen LogP contribution is 2.18. The lowest BCUT2D eigenvalue weighted by molar-refractivity contribution is 0.0688. The Bertz CT molecular complexity index is 572. The molecular weight excluding hydrogens is 238 g/mol. The van der Waals surface area contributed by atoms with Gasteiger partial charge in [0.1, 0.15) is 11.4 Å². The number of aryl methyl sites for hydroxylation is 1. The van der Waals surface area contributed by atoms with Gasteiger partial charge in [0.05, 0.1) is 12.2 Å². The maximum absolute atomic E-state index is 11.0. The summed E-state index contributed by atoms with van der Waals surface area (Å²) in [4.78, 5) is 11.0. The number of aromatic carboxylic acids is 1. The van der Waals surface area contributed by atoms with Gasteiger partial charge in [0.2, 0.25) is 0 Å². The molecule has 2 rings (SSSR count). The SMILES string of the molecule is Cc1nonc1Cn1nnc(C(=O)O)c1C(C)C. The molecule has 1 N–H and O–H groups in total. The summed E-state index contributed by atoms with van der Waals surface area (Å²) in [5, 5.41) is 24.0. The third-order valence-electron chi connectivity index (χ3n) is 2.57. The molecule has 0 bridgehead atoms. The van der Waals surface area contributed by atoms with Crippen LogP contribution < -0.4 is 0 Å². The van der Waals surface area contributed by atoms with E-state index in [2.05, 4.69) is 25.3 Å². The summed E-state index contributed by atoms with van der Waals surface area (Å²) in [6.07, 6.45) is 0. The fraction of sp³-hybridized carbons (Fsp3) is 0.500. The van der Waals surface area contributed by atoms with Crippen molar-refractivity contribution in [3.05, 3.63) is 22.8 Å². The van der Waals surface area contributed by atoms with E-state index < -0.39 is 5.97 Å². The lowest BCUT2D eigenvalue weighted by Crippen LogP contribution is -2.11. The van der Waals surface area contributed by atoms with E-state index in [4.69, 9.17) is 5.11 Å². The van der Waals surface area contributed by atoms with Crippen LogP contribution in [-0.2, 0) is 6.54 Å². The van der Waals surface area contributed by atoms with Gasteiger partial charge >= 0.3 is 5.97 Å². The molecule has 0 atom stereocenters. The van der Waals surface area contributed by atoms with Crippen molar-refractivity contribution < 1.29 is 14.5 Å². The highest BCUT2D eigenvalue weighted by Gasteiger charge is 2.22. The number of carbonyl (C=O) groups is 1. The standard InChI is InChI=1S/C10H13N5O3/c1-5(2)9-8(10(16)17)11-14-15(9)4-7-6(3)12-18-13-7/h5H,4H2,1-3H3,(H,16,17). The summed E-state index contributed by atoms with van der Waals surface area (Å²) < 4.78 is 6.11. The lowest BCUT2D eigenvalue weighted by Gasteiger charge is -2.08. The van der Waals surface area contributed by atoms with Crippen molar-refractivity contribution in [1.29, 1.82) is 0 Å². The summed E-state index contributed by atoms with van der Waals surface area (Å²) in [5.74, 6) is -1.09. The number of carboxylic acid groups (broad SMARTS) is 1. The Kier molecular flexibility index (Phi) is 3.09. The minimum Gasteiger partial charge on any atom is -0.476 e. The molecular formula is C10H13N5O3. The Morgan fingerprint density at radius 2 is 2.17 bits per heavy atom. The van der Waals surface area contributed by atoms with Crippen molar-refractivity contribution in [2.45, 2.75) is 33.2 Å². The van der Waals surface area contributed by atoms with Gasteiger partial charge in [-0.2, -0.15) is 0 Å². The first-order valence-electron chi connectivity index (χ1n) is 5.45. The molecule has 8 nitrogen and oxygen atoms in total. The Balaban J connectivity index is 2.40. The zero-order chi connectivity index (χ0) is 13.3. The topological polar surface area (TPSA) is 107 Å². The Labute approximate surface area is 103 Å². The molecule has 2 heterocycles. The van der Waals surface area contributed by atoms with E-state index in [1.54, 1.807) is 6.92 Å². The van der Waals surface area contributed by atoms with Gasteiger partial charge in [-0.05, 0) is 12.8 Å². The molecule has 2 aromatic heterocycles. The van der Waals surface area contributed by atoms with E-state index in [1.807, 2.05) is 13.8 Å². The first-order chi connectivity index (χ1) is 8.50. The number of hydrogen-bond acceptors (Lipinski definition) is 6. The van der Waals surface area contributed by atoms with Crippen molar-refractivity contribution in [3.8, 4) is 0 Å². The predicted octanol–water partition coefficient (Wildman–Crippen LogP) is 0.839. The molecule has 0 saturated heterocycles. The minimum absolute atomic E-state index is 0.00809. The monoisotopic (exact) mass is 251 g/mol. The van der Waals surface area contributed by atoms with E-state index >= 15 is 0 Å². The molecule has 0 saturated carbocycles. The first-order valence-corrected chi connectivity index (χ1v) is 5.45. The van der Waals surface area contributed by atoms with E-state index in [-0.39, 0.29) is 11.6 Å². The van der Waals surface area contributed by atoms with E-state index in [0.29, 0.717) is 23.6 Å². The van der Waals surface area contributed by atoms with E-state index in [9.17, 15) is 4.79 Å². The summed E-state index contributed by atoms with van der Waals surface area (Å²) >= 11 is 0. The highest BCUT2D eigenvalue weighted by molar-refractivity contribution is 5.86. The average molecular weight is 251 g/mol. The first kappa shape index (κ1) is 12.2. The molecule has 0 aromatic carbocycles. The van der Waals surface area contributed by atoms with Crippen LogP contribution in [0.1, 0.15) is 47.3 Å². The zero-order valence-corrected chi connectivity index (χ0v) is 10.3. The molecule has 0 spiro atoms. The van der Waals surface area contributed by atoms with Crippen LogP contribution in [0.2, 0.25) is 0 Å². The van der Waals surface area contributed by atoms with Crippen LogP contribution in [0.3, 0.4) is 0 Å². The Morgan fingerprint density at radius 3 is 2.67 bits per heavy atom. The summed E-state index contributed by atoms with van der Waals surface area (Å²) in [5.41, 5.74) is 1.79. The number of hydrogen-bond donors (Lipinski definition) is 1. The molecule has 0 unspecified atom stereocenters. The van der Waals surface area contributed by atoms with Crippen molar-refractivity contribution in [1.82, 2.24) is 25.3 Å². The molecule has 8 heteroatoms. The van der Waals surface area contributed by atoms with E-state index in [1.165, 1.54) is 4.68 Å². The summed E-state index contributed by atoms with van der Waals surface area (Å²) in [6.45, 7) is 5.82. The molecule has 0 amide bonds. The predicted molar refractivity (Wildman–Crippen MR) is 59.2 cm³/mol. The molecule has 0 aliphatic heterocycles. The van der Waals surface area contributed by atoms with E-state index in [0.717, 1.165) is 0 Å². The smallest absolute Gasteiger partial charge is 0.358 e. The third kappa shape index (κ3) is 2.08. The number of carboxylic acids is 1. The molecule has 0 aliphatic carbocycles. The van der Waals surface area contributed by atoms with Crippen LogP contribution in [0.25, 0.3) is 0 Å². The fourth-order valence-corrected chi connectivity index (χ4v) is 1.70. The van der Waals surface area contributed by atoms with Gasteiger partial charge in [-0.1, -0.05) is 29.4 Å². The quantitative estimate of drug-likeness (QED) is 0.857. The van der Waals surface area contributed by atoms with Gasteiger partial charge in [0.15, 0.2) is 5.69 Å². The normalized spacial score (nSPS) is 11.1. The molecule has 0 aliphatic rings. The van der Waals surface area contributed by atoms with Gasteiger partial charge in [-0.15, -0.1) is 5.10 Å². The number of aromatic nitrogens is 5. The molecule has 0 fully saturated rings. The van der Waals surface area contributed by atoms with Crippen molar-refractivity contribution in [2.75, 3.05) is 0 Å². The van der Waals surface area contributed by atoms with Crippen LogP contribution in [0.4, 0.5) is 0 Å². The van der Waals surface area contributed by atoms with Crippen LogP contribution >= 0.6 is 0 Å². The largest absolute Gasteiger partial charge is 0.476 e. The summed E-state index contributed by atoms with van der Waals surface area (Å²) in [6, 6.07) is 0. The second-order valence-corrected chi connectivity index (χ2v) is 4.24. The molecule has 18 heavy (non-hydrogen) atoms. The molecule has 96 valence electrons. The molecule has 2 aromatic rings. The molecule has 0 radical (unpaired) electrons. The van der Waals surface area contributed by atoms with Crippen LogP contribution in [0.15, 0.2) is 4.63 Å². The minimum atomic E-state index is -1.08. The van der Waals surface area contributed by atoms with Crippen LogP contribution in [-0.4, -0.2) is 36.4 Å². The Hall–Kier alpha value is -2.25. The average Bonchev–Trinajstić information content (AvgIpc) is 2.86. The van der Waals surface area contributed by atoms with Gasteiger partial charge in [-0.25, -0.2) is 14.1 Å². The summed E-state index contributed by atoms with van der Waals surface area (Å²) in [7, 11) is 0. The lowest BCUT2D eigenvalue weighted by atomic mass is 10.1. The maximum Gasteiger partial charge on any atom is 0.358 e. The van der Waals surface area contributed by atoms with Crippen molar-refractivity contribution in [2.24, 2.45) is 0 Å². The number of rotatable bonds is 4. The van der Waals surface area contributed by atoms with Gasteiger partial charge in [-0.3, -0.25) is 0 Å². The van der Waals surface area contributed by atoms with Crippen molar-refractivity contribution in [3.63, 3.8) is 0 Å². The number of nitrogens with zero attached hydrogens (tertiary/aromatic N) is 5. The zero-order valence-electron chi connectivity index (χ0n) is 10.3. The van der Waals surface area contributed by atoms with Gasteiger partial charge in [0, 0.05) is 0 Å². The highest BCUT2D eigenvalue weighted by atomic mass is 16.6. The van der Waals surface area contributed by atoms with Crippen molar-refractivity contribution >= 4 is 5.97 Å². The van der Waals surface area contributed by atoms with Gasteiger partial charge in [0.25, 0.3) is 0 Å². The third-order valence-corrected chi connectivity index (χ3v) is 2.57. The van der Waals surface area contributed by atoms with Gasteiger partial charge < -0.3 is 5.11 Å². The fourth-order valence-electron chi connectivity index (χ4n) is 1.70. The van der Waals surface area contributed by atoms with Crippen LogP contribution in [0, 0.1) is 6.92 Å². The Morgan fingerprint density at radius 1 is 1.44 bits per heavy atom. The maximum atomic E-state index is 11.0. The van der Waals surface area contributed by atoms with Crippen LogP contribution in [0.5, 0.6) is 0 Å². The second-order valence-electron chi connectivity index (χ2n) is 4.24.